The summed E-state index contributed by atoms with van der Waals surface area (Å²) in [6, 6.07) is 26.6. The highest BCUT2D eigenvalue weighted by Crippen LogP contribution is 2.25. The standard InChI is InChI=1S/C26H27N3O2/c1-20-12-14-23(15-13-20)27-25(30)24(21-8-4-2-5-9-21)28-16-18-29(19-17-28)26(31)22-10-6-3-7-11-22/h2-15,24H,16-19H2,1H3,(H,27,30)/t24-/m0/s1. The Hall–Kier alpha value is -3.44. The smallest absolute Gasteiger partial charge is 0.253 e. The third kappa shape index (κ3) is 5.01. The number of carbonyl (C=O) groups is 2. The molecular formula is C26H27N3O2. The van der Waals surface area contributed by atoms with Crippen LogP contribution in [-0.2, 0) is 4.79 Å². The van der Waals surface area contributed by atoms with E-state index in [1.54, 1.807) is 0 Å². The molecule has 1 atom stereocenters. The molecule has 0 radical (unpaired) electrons. The number of amides is 2. The molecule has 1 fully saturated rings. The van der Waals surface area contributed by atoms with Gasteiger partial charge in [0, 0.05) is 37.4 Å². The van der Waals surface area contributed by atoms with Crippen molar-refractivity contribution in [3.05, 3.63) is 102 Å². The van der Waals surface area contributed by atoms with Crippen LogP contribution in [0.15, 0.2) is 84.9 Å². The molecule has 0 unspecified atom stereocenters. The van der Waals surface area contributed by atoms with E-state index in [4.69, 9.17) is 0 Å². The van der Waals surface area contributed by atoms with E-state index in [9.17, 15) is 9.59 Å². The Morgan fingerprint density at radius 3 is 1.97 bits per heavy atom. The van der Waals surface area contributed by atoms with Gasteiger partial charge in [0.05, 0.1) is 0 Å². The zero-order valence-corrected chi connectivity index (χ0v) is 17.7. The predicted octanol–water partition coefficient (Wildman–Crippen LogP) is 4.13. The second-order valence-corrected chi connectivity index (χ2v) is 7.86. The van der Waals surface area contributed by atoms with Gasteiger partial charge in [0.25, 0.3) is 5.91 Å². The van der Waals surface area contributed by atoms with Crippen LogP contribution >= 0.6 is 0 Å². The van der Waals surface area contributed by atoms with Gasteiger partial charge in [-0.1, -0.05) is 66.2 Å². The molecule has 0 aliphatic carbocycles. The summed E-state index contributed by atoms with van der Waals surface area (Å²) < 4.78 is 0. The number of benzene rings is 3. The number of hydrogen-bond donors (Lipinski definition) is 1. The van der Waals surface area contributed by atoms with Crippen LogP contribution in [0.5, 0.6) is 0 Å². The largest absolute Gasteiger partial charge is 0.336 e. The summed E-state index contributed by atoms with van der Waals surface area (Å²) in [5.41, 5.74) is 3.59. The van der Waals surface area contributed by atoms with Crippen molar-refractivity contribution in [3.63, 3.8) is 0 Å². The molecule has 3 aromatic carbocycles. The van der Waals surface area contributed by atoms with Gasteiger partial charge in [-0.2, -0.15) is 0 Å². The van der Waals surface area contributed by atoms with Gasteiger partial charge in [0.15, 0.2) is 0 Å². The topological polar surface area (TPSA) is 52.7 Å². The van der Waals surface area contributed by atoms with Crippen LogP contribution in [0, 0.1) is 6.92 Å². The first-order chi connectivity index (χ1) is 15.1. The molecule has 0 aromatic heterocycles. The van der Waals surface area contributed by atoms with Crippen molar-refractivity contribution < 1.29 is 9.59 Å². The van der Waals surface area contributed by atoms with Crippen molar-refractivity contribution in [2.24, 2.45) is 0 Å². The zero-order chi connectivity index (χ0) is 21.6. The maximum Gasteiger partial charge on any atom is 0.253 e. The van der Waals surface area contributed by atoms with E-state index in [1.165, 1.54) is 0 Å². The van der Waals surface area contributed by atoms with Gasteiger partial charge in [-0.3, -0.25) is 14.5 Å². The number of anilines is 1. The van der Waals surface area contributed by atoms with Gasteiger partial charge in [-0.25, -0.2) is 0 Å². The number of nitrogens with zero attached hydrogens (tertiary/aromatic N) is 2. The number of hydrogen-bond acceptors (Lipinski definition) is 3. The van der Waals surface area contributed by atoms with Crippen LogP contribution in [0.4, 0.5) is 5.69 Å². The summed E-state index contributed by atoms with van der Waals surface area (Å²) in [5, 5.41) is 3.06. The van der Waals surface area contributed by atoms with Gasteiger partial charge < -0.3 is 10.2 Å². The molecule has 158 valence electrons. The number of piperazine rings is 1. The minimum atomic E-state index is -0.406. The first kappa shape index (κ1) is 20.8. The summed E-state index contributed by atoms with van der Waals surface area (Å²) in [6.07, 6.45) is 0. The molecule has 1 N–H and O–H groups in total. The van der Waals surface area contributed by atoms with E-state index >= 15 is 0 Å². The minimum absolute atomic E-state index is 0.0422. The molecule has 2 amide bonds. The predicted molar refractivity (Wildman–Crippen MR) is 123 cm³/mol. The first-order valence-electron chi connectivity index (χ1n) is 10.6. The lowest BCUT2D eigenvalue weighted by molar-refractivity contribution is -0.122. The third-order valence-corrected chi connectivity index (χ3v) is 5.67. The summed E-state index contributed by atoms with van der Waals surface area (Å²) in [7, 11) is 0. The van der Waals surface area contributed by atoms with Gasteiger partial charge >= 0.3 is 0 Å². The fraction of sp³-hybridized carbons (Fsp3) is 0.231. The number of rotatable bonds is 5. The van der Waals surface area contributed by atoms with E-state index in [0.717, 1.165) is 16.8 Å². The first-order valence-corrected chi connectivity index (χ1v) is 10.6. The van der Waals surface area contributed by atoms with Crippen molar-refractivity contribution in [1.29, 1.82) is 0 Å². The Kier molecular flexibility index (Phi) is 6.43. The Labute approximate surface area is 183 Å². The zero-order valence-electron chi connectivity index (χ0n) is 17.7. The fourth-order valence-electron chi connectivity index (χ4n) is 3.96. The Balaban J connectivity index is 1.48. The van der Waals surface area contributed by atoms with Crippen LogP contribution in [0.2, 0.25) is 0 Å². The van der Waals surface area contributed by atoms with Crippen LogP contribution in [-0.4, -0.2) is 47.8 Å². The minimum Gasteiger partial charge on any atom is -0.336 e. The van der Waals surface area contributed by atoms with Crippen molar-refractivity contribution in [1.82, 2.24) is 9.80 Å². The van der Waals surface area contributed by atoms with Crippen molar-refractivity contribution in [2.75, 3.05) is 31.5 Å². The molecule has 1 aliphatic heterocycles. The van der Waals surface area contributed by atoms with Crippen molar-refractivity contribution in [3.8, 4) is 0 Å². The number of aryl methyl sites for hydroxylation is 1. The maximum atomic E-state index is 13.3. The highest BCUT2D eigenvalue weighted by Gasteiger charge is 2.32. The van der Waals surface area contributed by atoms with Gasteiger partial charge in [0.2, 0.25) is 5.91 Å². The molecule has 31 heavy (non-hydrogen) atoms. The van der Waals surface area contributed by atoms with Crippen molar-refractivity contribution >= 4 is 17.5 Å². The van der Waals surface area contributed by atoms with E-state index in [2.05, 4.69) is 10.2 Å². The molecule has 0 saturated carbocycles. The molecule has 1 saturated heterocycles. The highest BCUT2D eigenvalue weighted by atomic mass is 16.2. The molecule has 0 spiro atoms. The third-order valence-electron chi connectivity index (χ3n) is 5.67. The summed E-state index contributed by atoms with van der Waals surface area (Å²) in [5.74, 6) is -0.0153. The quantitative estimate of drug-likeness (QED) is 0.684. The second-order valence-electron chi connectivity index (χ2n) is 7.86. The number of carbonyl (C=O) groups excluding carboxylic acids is 2. The molecule has 5 nitrogen and oxygen atoms in total. The van der Waals surface area contributed by atoms with E-state index in [-0.39, 0.29) is 11.8 Å². The molecule has 1 heterocycles. The second kappa shape index (κ2) is 9.58. The lowest BCUT2D eigenvalue weighted by Crippen LogP contribution is -2.51. The molecule has 3 aromatic rings. The fourth-order valence-corrected chi connectivity index (χ4v) is 3.96. The lowest BCUT2D eigenvalue weighted by atomic mass is 10.0. The molecule has 0 bridgehead atoms. The number of nitrogens with one attached hydrogen (secondary N) is 1. The van der Waals surface area contributed by atoms with Crippen LogP contribution in [0.25, 0.3) is 0 Å². The summed E-state index contributed by atoms with van der Waals surface area (Å²) in [6.45, 7) is 4.48. The van der Waals surface area contributed by atoms with E-state index in [1.807, 2.05) is 96.8 Å². The highest BCUT2D eigenvalue weighted by molar-refractivity contribution is 5.96. The molecule has 5 heteroatoms. The van der Waals surface area contributed by atoms with Crippen molar-refractivity contribution in [2.45, 2.75) is 13.0 Å². The maximum absolute atomic E-state index is 13.3. The van der Waals surface area contributed by atoms with Gasteiger partial charge in [-0.05, 0) is 36.8 Å². The van der Waals surface area contributed by atoms with Crippen LogP contribution in [0.3, 0.4) is 0 Å². The lowest BCUT2D eigenvalue weighted by Gasteiger charge is -2.38. The average molecular weight is 414 g/mol. The summed E-state index contributed by atoms with van der Waals surface area (Å²) in [4.78, 5) is 30.1. The SMILES string of the molecule is Cc1ccc(NC(=O)[C@H](c2ccccc2)N2CCN(C(=O)c3ccccc3)CC2)cc1. The summed E-state index contributed by atoms with van der Waals surface area (Å²) >= 11 is 0. The van der Waals surface area contributed by atoms with Gasteiger partial charge in [-0.15, -0.1) is 0 Å². The molecule has 4 rings (SSSR count). The van der Waals surface area contributed by atoms with Crippen LogP contribution in [0.1, 0.15) is 27.5 Å². The molecular weight excluding hydrogens is 386 g/mol. The average Bonchev–Trinajstić information content (AvgIpc) is 2.82. The van der Waals surface area contributed by atoms with Crippen LogP contribution < -0.4 is 5.32 Å². The Morgan fingerprint density at radius 2 is 1.35 bits per heavy atom. The van der Waals surface area contributed by atoms with E-state index < -0.39 is 6.04 Å². The molecule has 1 aliphatic rings. The monoisotopic (exact) mass is 413 g/mol. The Bertz CT molecular complexity index is 1010. The van der Waals surface area contributed by atoms with E-state index in [0.29, 0.717) is 31.7 Å². The van der Waals surface area contributed by atoms with Gasteiger partial charge in [0.1, 0.15) is 6.04 Å². The Morgan fingerprint density at radius 1 is 0.774 bits per heavy atom. The normalized spacial score (nSPS) is 15.3.